The molecular weight excluding hydrogens is 670 g/mol. The number of likely N-dealkylation sites (tertiary alicyclic amines) is 1. The van der Waals surface area contributed by atoms with E-state index >= 15 is 0 Å². The van der Waals surface area contributed by atoms with E-state index < -0.39 is 96.0 Å². The van der Waals surface area contributed by atoms with Gasteiger partial charge in [-0.3, -0.25) is 43.2 Å². The molecule has 20 heteroatoms. The first-order valence-electron chi connectivity index (χ1n) is 16.5. The molecule has 1 aromatic rings. The van der Waals surface area contributed by atoms with E-state index in [2.05, 4.69) is 41.9 Å². The van der Waals surface area contributed by atoms with Crippen molar-refractivity contribution in [3.05, 3.63) is 18.2 Å². The van der Waals surface area contributed by atoms with Crippen LogP contribution in [0.4, 0.5) is 0 Å². The number of imidazole rings is 1. The lowest BCUT2D eigenvalue weighted by Crippen LogP contribution is -2.58. The highest BCUT2D eigenvalue weighted by Crippen LogP contribution is 2.18. The van der Waals surface area contributed by atoms with E-state index in [1.165, 1.54) is 38.2 Å². The lowest BCUT2D eigenvalue weighted by molar-refractivity contribution is -0.140. The first-order valence-corrected chi connectivity index (χ1v) is 16.5. The second-order valence-corrected chi connectivity index (χ2v) is 12.7. The fraction of sp³-hybridized carbons (Fsp3) is 0.613. The van der Waals surface area contributed by atoms with Crippen molar-refractivity contribution in [2.75, 3.05) is 13.1 Å². The number of aromatic nitrogens is 2. The predicted molar refractivity (Wildman–Crippen MR) is 179 cm³/mol. The third kappa shape index (κ3) is 13.3. The van der Waals surface area contributed by atoms with Crippen molar-refractivity contribution in [1.82, 2.24) is 46.8 Å². The molecule has 0 spiro atoms. The van der Waals surface area contributed by atoms with Crippen LogP contribution in [0.5, 0.6) is 0 Å². The summed E-state index contributed by atoms with van der Waals surface area (Å²) in [6.45, 7) is 7.11. The Morgan fingerprint density at radius 3 is 2.08 bits per heavy atom. The van der Waals surface area contributed by atoms with Crippen LogP contribution in [-0.4, -0.2) is 117 Å². The summed E-state index contributed by atoms with van der Waals surface area (Å²) < 4.78 is 0. The molecule has 1 aromatic heterocycles. The zero-order valence-corrected chi connectivity index (χ0v) is 29.4. The molecule has 20 nitrogen and oxygen atoms in total. The summed E-state index contributed by atoms with van der Waals surface area (Å²) in [6.07, 6.45) is 3.14. The molecule has 1 fully saturated rings. The maximum absolute atomic E-state index is 13.3. The Kier molecular flexibility index (Phi) is 16.0. The highest BCUT2D eigenvalue weighted by molar-refractivity contribution is 5.97. The van der Waals surface area contributed by atoms with Gasteiger partial charge in [-0.25, -0.2) is 4.98 Å². The number of H-pyrrole nitrogens is 1. The summed E-state index contributed by atoms with van der Waals surface area (Å²) in [5.74, 6) is -6.37. The second-order valence-electron chi connectivity index (χ2n) is 12.7. The fourth-order valence-corrected chi connectivity index (χ4v) is 5.18. The van der Waals surface area contributed by atoms with Crippen LogP contribution in [0.15, 0.2) is 12.5 Å². The molecule has 282 valence electrons. The minimum absolute atomic E-state index is 0.0110. The van der Waals surface area contributed by atoms with E-state index in [0.717, 1.165) is 0 Å². The molecule has 1 aliphatic rings. The van der Waals surface area contributed by atoms with Gasteiger partial charge in [0.2, 0.25) is 53.2 Å². The maximum Gasteiger partial charge on any atom is 0.243 e. The molecule has 9 amide bonds. The van der Waals surface area contributed by atoms with Crippen molar-refractivity contribution in [2.24, 2.45) is 17.4 Å². The van der Waals surface area contributed by atoms with Gasteiger partial charge in [0.05, 0.1) is 12.9 Å². The number of nitrogens with two attached hydrogens (primary N) is 2. The van der Waals surface area contributed by atoms with Crippen LogP contribution in [0.1, 0.15) is 66.0 Å². The summed E-state index contributed by atoms with van der Waals surface area (Å²) in [6, 6.07) is -6.56. The van der Waals surface area contributed by atoms with Crippen molar-refractivity contribution in [1.29, 1.82) is 0 Å². The number of primary amides is 2. The zero-order chi connectivity index (χ0) is 38.4. The third-order valence-electron chi connectivity index (χ3n) is 8.06. The summed E-state index contributed by atoms with van der Waals surface area (Å²) in [4.78, 5) is 121. The van der Waals surface area contributed by atoms with Crippen LogP contribution in [0.25, 0.3) is 0 Å². The molecule has 0 aliphatic carbocycles. The van der Waals surface area contributed by atoms with Gasteiger partial charge in [-0.1, -0.05) is 13.8 Å². The van der Waals surface area contributed by atoms with Gasteiger partial charge in [0.1, 0.15) is 36.3 Å². The number of nitrogens with one attached hydrogen (secondary N) is 7. The van der Waals surface area contributed by atoms with E-state index in [0.29, 0.717) is 12.1 Å². The topological polar surface area (TPSA) is 310 Å². The Morgan fingerprint density at radius 2 is 1.51 bits per heavy atom. The zero-order valence-electron chi connectivity index (χ0n) is 29.4. The number of hydrogen-bond acceptors (Lipinski definition) is 10. The summed E-state index contributed by atoms with van der Waals surface area (Å²) in [7, 11) is 0. The van der Waals surface area contributed by atoms with Gasteiger partial charge in [0.15, 0.2) is 0 Å². The number of carbonyl (C=O) groups is 9. The van der Waals surface area contributed by atoms with Gasteiger partial charge in [-0.15, -0.1) is 0 Å². The smallest absolute Gasteiger partial charge is 0.243 e. The monoisotopic (exact) mass is 719 g/mol. The minimum Gasteiger partial charge on any atom is -0.370 e. The van der Waals surface area contributed by atoms with Crippen molar-refractivity contribution >= 4 is 53.2 Å². The largest absolute Gasteiger partial charge is 0.370 e. The van der Waals surface area contributed by atoms with Crippen molar-refractivity contribution < 1.29 is 43.2 Å². The van der Waals surface area contributed by atoms with Gasteiger partial charge in [-0.05, 0) is 39.0 Å². The van der Waals surface area contributed by atoms with E-state index in [-0.39, 0.29) is 38.1 Å². The molecule has 6 atom stereocenters. The first kappa shape index (κ1) is 41.6. The molecule has 11 N–H and O–H groups in total. The molecule has 0 unspecified atom stereocenters. The summed E-state index contributed by atoms with van der Waals surface area (Å²) in [5, 5.41) is 15.0. The SMILES string of the molecule is CC(=O)N[C@H](C(=O)N[C@@H](Cc1cnc[nH]1)C(=O)N[C@@H](C)C(=O)NCC(=O)N1CCC[C@@H]1C(=O)N[C@@H](CCC(N)=O)C(=O)N[C@@H](C)C(N)=O)C(C)C. The van der Waals surface area contributed by atoms with E-state index in [4.69, 9.17) is 11.5 Å². The van der Waals surface area contributed by atoms with Crippen molar-refractivity contribution in [3.63, 3.8) is 0 Å². The van der Waals surface area contributed by atoms with Crippen molar-refractivity contribution in [2.45, 2.75) is 103 Å². The van der Waals surface area contributed by atoms with Crippen LogP contribution in [0, 0.1) is 5.92 Å². The van der Waals surface area contributed by atoms with Gasteiger partial charge < -0.3 is 53.3 Å². The second kappa shape index (κ2) is 19.6. The number of rotatable bonds is 19. The van der Waals surface area contributed by atoms with Crippen LogP contribution in [0.3, 0.4) is 0 Å². The number of nitrogens with zero attached hydrogens (tertiary/aromatic N) is 2. The molecule has 0 bridgehead atoms. The van der Waals surface area contributed by atoms with E-state index in [9.17, 15) is 43.2 Å². The van der Waals surface area contributed by atoms with Gasteiger partial charge >= 0.3 is 0 Å². The van der Waals surface area contributed by atoms with Crippen molar-refractivity contribution in [3.8, 4) is 0 Å². The summed E-state index contributed by atoms with van der Waals surface area (Å²) >= 11 is 0. The Balaban J connectivity index is 2.03. The number of amides is 9. The van der Waals surface area contributed by atoms with Gasteiger partial charge in [0.25, 0.3) is 0 Å². The number of hydrogen-bond donors (Lipinski definition) is 9. The first-order chi connectivity index (χ1) is 23.9. The van der Waals surface area contributed by atoms with Crippen LogP contribution < -0.4 is 43.4 Å². The lowest BCUT2D eigenvalue weighted by atomic mass is 10.0. The maximum atomic E-state index is 13.3. The molecule has 0 saturated carbocycles. The van der Waals surface area contributed by atoms with Crippen LogP contribution in [-0.2, 0) is 49.6 Å². The Labute approximate surface area is 294 Å². The van der Waals surface area contributed by atoms with E-state index in [1.807, 2.05) is 0 Å². The average Bonchev–Trinajstić information content (AvgIpc) is 3.76. The van der Waals surface area contributed by atoms with Gasteiger partial charge in [-0.2, -0.15) is 0 Å². The molecule has 2 rings (SSSR count). The molecule has 0 aromatic carbocycles. The molecule has 1 aliphatic heterocycles. The predicted octanol–water partition coefficient (Wildman–Crippen LogP) is -4.05. The molecule has 1 saturated heterocycles. The quantitative estimate of drug-likeness (QED) is 0.0666. The third-order valence-corrected chi connectivity index (χ3v) is 8.06. The van der Waals surface area contributed by atoms with E-state index in [1.54, 1.807) is 13.8 Å². The lowest BCUT2D eigenvalue weighted by Gasteiger charge is -2.27. The highest BCUT2D eigenvalue weighted by atomic mass is 16.2. The normalized spacial score (nSPS) is 16.8. The molecular formula is C31H49N11O9. The summed E-state index contributed by atoms with van der Waals surface area (Å²) in [5.41, 5.74) is 10.9. The number of aromatic amines is 1. The average molecular weight is 720 g/mol. The molecule has 0 radical (unpaired) electrons. The Morgan fingerprint density at radius 1 is 0.863 bits per heavy atom. The fourth-order valence-electron chi connectivity index (χ4n) is 5.18. The number of carbonyl (C=O) groups excluding carboxylic acids is 9. The minimum atomic E-state index is -1.25. The van der Waals surface area contributed by atoms with Crippen LogP contribution in [0.2, 0.25) is 0 Å². The Hall–Kier alpha value is -5.56. The van der Waals surface area contributed by atoms with Crippen LogP contribution >= 0.6 is 0 Å². The molecule has 51 heavy (non-hydrogen) atoms. The highest BCUT2D eigenvalue weighted by Gasteiger charge is 2.37. The van der Waals surface area contributed by atoms with Gasteiger partial charge in [0, 0.05) is 38.2 Å². The standard InChI is InChI=1S/C31H49N11O9/c1-15(2)25(39-18(5)43)31(51)41-21(11-19-12-34-14-36-19)29(49)38-17(4)27(47)35-13-24(45)42-10-6-7-22(42)30(50)40-20(8-9-23(32)44)28(48)37-16(3)26(33)46/h12,14-17,20-22,25H,6-11,13H2,1-5H3,(H2,32,44)(H2,33,46)(H,34,36)(H,35,47)(H,37,48)(H,38,49)(H,39,43)(H,40,50)(H,41,51)/t16-,17-,20-,21-,22+,25-/m0/s1. The molecule has 2 heterocycles. The Bertz CT molecular complexity index is 1450.